The minimum absolute atomic E-state index is 0.0414. The Kier molecular flexibility index (Phi) is 6.30. The monoisotopic (exact) mass is 436 g/mol. The molecular weight excluding hydrogens is 408 g/mol. The third kappa shape index (κ3) is 4.69. The molecule has 168 valence electrons. The number of carbonyl (C=O) groups is 1. The van der Waals surface area contributed by atoms with E-state index in [2.05, 4.69) is 21.5 Å². The molecule has 1 saturated heterocycles. The second-order valence-electron chi connectivity index (χ2n) is 8.10. The molecule has 2 heterocycles. The number of aromatic nitrogens is 2. The molecule has 32 heavy (non-hydrogen) atoms. The second kappa shape index (κ2) is 9.30. The summed E-state index contributed by atoms with van der Waals surface area (Å²) < 4.78 is 16.1. The van der Waals surface area contributed by atoms with Crippen LogP contribution in [0.4, 0.5) is 11.7 Å². The largest absolute Gasteiger partial charge is 0.493 e. The maximum absolute atomic E-state index is 12.7. The number of ether oxygens (including phenoxy) is 2. The number of benzene rings is 2. The highest BCUT2D eigenvalue weighted by Crippen LogP contribution is 2.32. The molecule has 8 nitrogen and oxygen atoms in total. The third-order valence-corrected chi connectivity index (χ3v) is 5.68. The first-order chi connectivity index (χ1) is 15.5. The van der Waals surface area contributed by atoms with E-state index in [4.69, 9.17) is 14.0 Å². The van der Waals surface area contributed by atoms with Gasteiger partial charge < -0.3 is 24.2 Å². The van der Waals surface area contributed by atoms with Gasteiger partial charge in [-0.25, -0.2) is 0 Å². The first-order valence-electron chi connectivity index (χ1n) is 10.7. The highest BCUT2D eigenvalue weighted by Gasteiger charge is 2.28. The zero-order valence-electron chi connectivity index (χ0n) is 18.8. The fourth-order valence-electron chi connectivity index (χ4n) is 4.06. The lowest BCUT2D eigenvalue weighted by Crippen LogP contribution is -2.38. The molecule has 0 saturated carbocycles. The van der Waals surface area contributed by atoms with Crippen molar-refractivity contribution in [3.63, 3.8) is 0 Å². The first-order valence-corrected chi connectivity index (χ1v) is 10.7. The molecule has 4 rings (SSSR count). The van der Waals surface area contributed by atoms with E-state index in [0.717, 1.165) is 35.2 Å². The summed E-state index contributed by atoms with van der Waals surface area (Å²) in [6.45, 7) is 5.42. The molecule has 8 heteroatoms. The van der Waals surface area contributed by atoms with Crippen LogP contribution < -0.4 is 19.7 Å². The molecule has 0 radical (unpaired) electrons. The zero-order valence-corrected chi connectivity index (χ0v) is 18.8. The number of methoxy groups -OCH3 is 2. The summed E-state index contributed by atoms with van der Waals surface area (Å²) in [4.78, 5) is 19.3. The van der Waals surface area contributed by atoms with Crippen molar-refractivity contribution >= 4 is 17.6 Å². The van der Waals surface area contributed by atoms with Crippen LogP contribution in [0.1, 0.15) is 24.0 Å². The van der Waals surface area contributed by atoms with Gasteiger partial charge in [0.15, 0.2) is 11.5 Å². The van der Waals surface area contributed by atoms with Crippen molar-refractivity contribution in [3.8, 4) is 22.9 Å². The lowest BCUT2D eigenvalue weighted by Gasteiger charge is -2.29. The molecule has 0 aliphatic carbocycles. The lowest BCUT2D eigenvalue weighted by atomic mass is 9.96. The molecule has 0 atom stereocenters. The van der Waals surface area contributed by atoms with E-state index in [1.807, 2.05) is 49.1 Å². The minimum Gasteiger partial charge on any atom is -0.493 e. The molecule has 0 bridgehead atoms. The van der Waals surface area contributed by atoms with Crippen LogP contribution in [-0.4, -0.2) is 43.4 Å². The molecule has 1 aromatic heterocycles. The number of amides is 1. The van der Waals surface area contributed by atoms with Crippen molar-refractivity contribution in [2.24, 2.45) is 5.92 Å². The van der Waals surface area contributed by atoms with Crippen molar-refractivity contribution in [1.29, 1.82) is 0 Å². The smallest absolute Gasteiger partial charge is 0.324 e. The van der Waals surface area contributed by atoms with Crippen LogP contribution in [0.2, 0.25) is 0 Å². The minimum atomic E-state index is -0.0414. The van der Waals surface area contributed by atoms with Crippen LogP contribution in [0.25, 0.3) is 11.4 Å². The van der Waals surface area contributed by atoms with Gasteiger partial charge in [0.05, 0.1) is 14.2 Å². The number of piperidine rings is 1. The Morgan fingerprint density at radius 1 is 1.03 bits per heavy atom. The molecule has 1 aliphatic heterocycles. The number of hydrogen-bond donors (Lipinski definition) is 1. The van der Waals surface area contributed by atoms with Gasteiger partial charge in [0.1, 0.15) is 0 Å². The predicted molar refractivity (Wildman–Crippen MR) is 122 cm³/mol. The predicted octanol–water partition coefficient (Wildman–Crippen LogP) is 4.23. The molecule has 1 fully saturated rings. The number of rotatable bonds is 6. The average molecular weight is 437 g/mol. The number of anilines is 2. The quantitative estimate of drug-likeness (QED) is 0.619. The van der Waals surface area contributed by atoms with Gasteiger partial charge >= 0.3 is 6.01 Å². The summed E-state index contributed by atoms with van der Waals surface area (Å²) in [5.74, 6) is 1.75. The highest BCUT2D eigenvalue weighted by molar-refractivity contribution is 5.92. The molecule has 1 N–H and O–H groups in total. The third-order valence-electron chi connectivity index (χ3n) is 5.68. The van der Waals surface area contributed by atoms with Gasteiger partial charge in [0.2, 0.25) is 11.7 Å². The van der Waals surface area contributed by atoms with Crippen LogP contribution in [0, 0.1) is 19.8 Å². The van der Waals surface area contributed by atoms with Crippen molar-refractivity contribution in [3.05, 3.63) is 47.5 Å². The van der Waals surface area contributed by atoms with Crippen LogP contribution in [0.5, 0.6) is 11.5 Å². The summed E-state index contributed by atoms with van der Waals surface area (Å²) in [7, 11) is 3.18. The zero-order chi connectivity index (χ0) is 22.7. The number of aryl methyl sites for hydroxylation is 2. The Morgan fingerprint density at radius 3 is 2.38 bits per heavy atom. The molecule has 0 spiro atoms. The first kappa shape index (κ1) is 21.7. The Morgan fingerprint density at radius 2 is 1.72 bits per heavy atom. The number of carbonyl (C=O) groups excluding carboxylic acids is 1. The molecule has 1 aliphatic rings. The second-order valence-corrected chi connectivity index (χ2v) is 8.10. The van der Waals surface area contributed by atoms with Gasteiger partial charge in [0, 0.05) is 30.3 Å². The SMILES string of the molecule is COc1ccc(-c2noc(N3CCC(C(=O)Nc4cc(C)cc(C)c4)CC3)n2)cc1OC. The van der Waals surface area contributed by atoms with Crippen molar-refractivity contribution < 1.29 is 18.8 Å². The summed E-state index contributed by atoms with van der Waals surface area (Å²) >= 11 is 0. The molecule has 0 unspecified atom stereocenters. The molecular formula is C24H28N4O4. The van der Waals surface area contributed by atoms with Crippen LogP contribution >= 0.6 is 0 Å². The van der Waals surface area contributed by atoms with E-state index in [0.29, 0.717) is 36.4 Å². The normalized spacial score (nSPS) is 14.3. The van der Waals surface area contributed by atoms with Gasteiger partial charge in [-0.15, -0.1) is 0 Å². The maximum atomic E-state index is 12.7. The van der Waals surface area contributed by atoms with Gasteiger partial charge in [-0.1, -0.05) is 11.2 Å². The summed E-state index contributed by atoms with van der Waals surface area (Å²) in [5.41, 5.74) is 3.90. The van der Waals surface area contributed by atoms with E-state index < -0.39 is 0 Å². The van der Waals surface area contributed by atoms with Gasteiger partial charge in [0.25, 0.3) is 0 Å². The van der Waals surface area contributed by atoms with Crippen molar-refractivity contribution in [2.45, 2.75) is 26.7 Å². The fourth-order valence-corrected chi connectivity index (χ4v) is 4.06. The van der Waals surface area contributed by atoms with E-state index in [-0.39, 0.29) is 11.8 Å². The summed E-state index contributed by atoms with van der Waals surface area (Å²) in [5, 5.41) is 7.18. The Hall–Kier alpha value is -3.55. The number of nitrogens with one attached hydrogen (secondary N) is 1. The van der Waals surface area contributed by atoms with Crippen LogP contribution in [0.3, 0.4) is 0 Å². The molecule has 2 aromatic carbocycles. The standard InChI is InChI=1S/C24H28N4O4/c1-15-11-16(2)13-19(12-15)25-23(29)17-7-9-28(10-8-17)24-26-22(27-32-24)18-5-6-20(30-3)21(14-18)31-4/h5-6,11-14,17H,7-10H2,1-4H3,(H,25,29). The fraction of sp³-hybridized carbons (Fsp3) is 0.375. The summed E-state index contributed by atoms with van der Waals surface area (Å²) in [6.07, 6.45) is 1.45. The van der Waals surface area contributed by atoms with Crippen LogP contribution in [-0.2, 0) is 4.79 Å². The van der Waals surface area contributed by atoms with E-state index in [1.54, 1.807) is 14.2 Å². The Bertz CT molecular complexity index is 1080. The van der Waals surface area contributed by atoms with Gasteiger partial charge in [-0.3, -0.25) is 4.79 Å². The van der Waals surface area contributed by atoms with E-state index in [9.17, 15) is 4.79 Å². The molecule has 3 aromatic rings. The number of hydrogen-bond acceptors (Lipinski definition) is 7. The van der Waals surface area contributed by atoms with Crippen LogP contribution in [0.15, 0.2) is 40.9 Å². The number of nitrogens with zero attached hydrogens (tertiary/aromatic N) is 3. The maximum Gasteiger partial charge on any atom is 0.324 e. The molecule has 1 amide bonds. The van der Waals surface area contributed by atoms with Gasteiger partial charge in [-0.2, -0.15) is 4.98 Å². The Labute approximate surface area is 187 Å². The summed E-state index contributed by atoms with van der Waals surface area (Å²) in [6, 6.07) is 12.0. The lowest BCUT2D eigenvalue weighted by molar-refractivity contribution is -0.120. The topological polar surface area (TPSA) is 89.7 Å². The Balaban J connectivity index is 1.38. The van der Waals surface area contributed by atoms with E-state index in [1.165, 1.54) is 0 Å². The highest BCUT2D eigenvalue weighted by atomic mass is 16.5. The van der Waals surface area contributed by atoms with Crippen molar-refractivity contribution in [2.75, 3.05) is 37.5 Å². The van der Waals surface area contributed by atoms with Crippen molar-refractivity contribution in [1.82, 2.24) is 10.1 Å². The van der Waals surface area contributed by atoms with E-state index >= 15 is 0 Å². The van der Waals surface area contributed by atoms with Gasteiger partial charge in [-0.05, 0) is 68.1 Å². The average Bonchev–Trinajstić information content (AvgIpc) is 3.28.